The van der Waals surface area contributed by atoms with Crippen molar-refractivity contribution >= 4 is 40.7 Å². The Morgan fingerprint density at radius 1 is 1.35 bits per heavy atom. The van der Waals surface area contributed by atoms with E-state index in [4.69, 9.17) is 23.2 Å². The highest BCUT2D eigenvalue weighted by molar-refractivity contribution is 6.43. The molecule has 0 aromatic heterocycles. The Kier molecular flexibility index (Phi) is 3.26. The minimum absolute atomic E-state index is 0.137. The van der Waals surface area contributed by atoms with E-state index in [0.29, 0.717) is 15.7 Å². The number of benzene rings is 1. The number of hydrogen-bond donors (Lipinski definition) is 1. The summed E-state index contributed by atoms with van der Waals surface area (Å²) in [5.74, 6) is -0.461. The van der Waals surface area contributed by atoms with E-state index in [1.807, 2.05) is 0 Å². The number of imide groups is 1. The molecule has 2 rings (SSSR count). The van der Waals surface area contributed by atoms with Gasteiger partial charge in [-0.2, -0.15) is 0 Å². The minimum Gasteiger partial charge on any atom is -0.372 e. The number of carbonyl (C=O) groups is 2. The highest BCUT2D eigenvalue weighted by Crippen LogP contribution is 2.31. The maximum absolute atomic E-state index is 11.7. The first-order chi connectivity index (χ1) is 8.00. The summed E-state index contributed by atoms with van der Waals surface area (Å²) in [4.78, 5) is 24.1. The zero-order valence-corrected chi connectivity index (χ0v) is 10.5. The summed E-state index contributed by atoms with van der Waals surface area (Å²) < 4.78 is 0. The molecule has 0 saturated carbocycles. The molecule has 1 aliphatic heterocycles. The van der Waals surface area contributed by atoms with Gasteiger partial charge in [-0.15, -0.1) is 0 Å². The van der Waals surface area contributed by atoms with Gasteiger partial charge in [0.05, 0.1) is 22.2 Å². The minimum atomic E-state index is -0.566. The molecule has 0 radical (unpaired) electrons. The van der Waals surface area contributed by atoms with Gasteiger partial charge in [0.25, 0.3) is 5.91 Å². The normalized spacial score (nSPS) is 19.9. The maximum Gasteiger partial charge on any atom is 0.251 e. The fraction of sp³-hybridized carbons (Fsp3) is 0.273. The zero-order valence-electron chi connectivity index (χ0n) is 9.04. The average molecular weight is 273 g/mol. The summed E-state index contributed by atoms with van der Waals surface area (Å²) in [5.41, 5.74) is 0.556. The second-order valence-corrected chi connectivity index (χ2v) is 4.58. The van der Waals surface area contributed by atoms with Crippen LogP contribution in [0.3, 0.4) is 0 Å². The molecule has 1 atom stereocenters. The Labute approximate surface area is 108 Å². The highest BCUT2D eigenvalue weighted by atomic mass is 35.5. The molecule has 1 aliphatic rings. The van der Waals surface area contributed by atoms with Crippen molar-refractivity contribution in [1.29, 1.82) is 0 Å². The van der Waals surface area contributed by atoms with E-state index < -0.39 is 6.04 Å². The first-order valence-corrected chi connectivity index (χ1v) is 5.77. The van der Waals surface area contributed by atoms with Gasteiger partial charge in [0.15, 0.2) is 0 Å². The van der Waals surface area contributed by atoms with Gasteiger partial charge in [-0.05, 0) is 12.1 Å². The predicted molar refractivity (Wildman–Crippen MR) is 66.3 cm³/mol. The van der Waals surface area contributed by atoms with Crippen LogP contribution in [0.2, 0.25) is 10.0 Å². The molecule has 1 aromatic carbocycles. The highest BCUT2D eigenvalue weighted by Gasteiger charge is 2.36. The van der Waals surface area contributed by atoms with Crippen molar-refractivity contribution in [3.8, 4) is 0 Å². The first kappa shape index (κ1) is 12.2. The maximum atomic E-state index is 11.7. The van der Waals surface area contributed by atoms with Gasteiger partial charge >= 0.3 is 0 Å². The van der Waals surface area contributed by atoms with Gasteiger partial charge < -0.3 is 5.32 Å². The lowest BCUT2D eigenvalue weighted by Gasteiger charge is -2.14. The van der Waals surface area contributed by atoms with Crippen molar-refractivity contribution in [3.05, 3.63) is 28.2 Å². The number of halogens is 2. The van der Waals surface area contributed by atoms with Crippen molar-refractivity contribution in [3.63, 3.8) is 0 Å². The lowest BCUT2D eigenvalue weighted by atomic mass is 10.2. The SMILES string of the molecule is CN1C(=O)CC(Nc2cccc(Cl)c2Cl)C1=O. The number of nitrogens with zero attached hydrogens (tertiary/aromatic N) is 1. The van der Waals surface area contributed by atoms with Gasteiger partial charge in [-0.1, -0.05) is 29.3 Å². The van der Waals surface area contributed by atoms with Crippen LogP contribution in [-0.2, 0) is 9.59 Å². The van der Waals surface area contributed by atoms with E-state index in [2.05, 4.69) is 5.32 Å². The first-order valence-electron chi connectivity index (χ1n) is 5.01. The van der Waals surface area contributed by atoms with E-state index in [0.717, 1.165) is 4.90 Å². The Morgan fingerprint density at radius 2 is 2.06 bits per heavy atom. The number of nitrogens with one attached hydrogen (secondary N) is 1. The summed E-state index contributed by atoms with van der Waals surface area (Å²) >= 11 is 11.8. The van der Waals surface area contributed by atoms with Gasteiger partial charge in [0.1, 0.15) is 6.04 Å². The molecule has 1 N–H and O–H groups in total. The fourth-order valence-corrected chi connectivity index (χ4v) is 2.03. The van der Waals surface area contributed by atoms with Crippen LogP contribution >= 0.6 is 23.2 Å². The number of anilines is 1. The lowest BCUT2D eigenvalue weighted by Crippen LogP contribution is -2.31. The zero-order chi connectivity index (χ0) is 12.6. The van der Waals surface area contributed by atoms with Crippen molar-refractivity contribution in [2.45, 2.75) is 12.5 Å². The van der Waals surface area contributed by atoms with Crippen molar-refractivity contribution in [2.24, 2.45) is 0 Å². The van der Waals surface area contributed by atoms with Crippen LogP contribution < -0.4 is 5.32 Å². The van der Waals surface area contributed by atoms with Crippen molar-refractivity contribution in [1.82, 2.24) is 4.90 Å². The van der Waals surface area contributed by atoms with Crippen LogP contribution in [0.15, 0.2) is 18.2 Å². The van der Waals surface area contributed by atoms with E-state index in [1.54, 1.807) is 18.2 Å². The Hall–Kier alpha value is -1.26. The molecule has 1 fully saturated rings. The molecule has 17 heavy (non-hydrogen) atoms. The third-order valence-electron chi connectivity index (χ3n) is 2.66. The topological polar surface area (TPSA) is 49.4 Å². The number of amides is 2. The number of rotatable bonds is 2. The van der Waals surface area contributed by atoms with E-state index in [1.165, 1.54) is 7.05 Å². The monoisotopic (exact) mass is 272 g/mol. The molecule has 0 aliphatic carbocycles. The summed E-state index contributed by atoms with van der Waals surface area (Å²) in [6, 6.07) is 4.53. The molecule has 0 spiro atoms. The van der Waals surface area contributed by atoms with Crippen molar-refractivity contribution < 1.29 is 9.59 Å². The van der Waals surface area contributed by atoms with E-state index in [9.17, 15) is 9.59 Å². The molecule has 6 heteroatoms. The number of carbonyl (C=O) groups excluding carboxylic acids is 2. The average Bonchev–Trinajstić information content (AvgIpc) is 2.53. The van der Waals surface area contributed by atoms with Gasteiger partial charge in [0, 0.05) is 7.05 Å². The van der Waals surface area contributed by atoms with Crippen LogP contribution in [0, 0.1) is 0 Å². The lowest BCUT2D eigenvalue weighted by molar-refractivity contribution is -0.136. The molecule has 1 saturated heterocycles. The van der Waals surface area contributed by atoms with Crippen LogP contribution in [0.5, 0.6) is 0 Å². The fourth-order valence-electron chi connectivity index (χ4n) is 1.67. The molecule has 1 heterocycles. The number of likely N-dealkylation sites (N-methyl/N-ethyl adjacent to an activating group) is 1. The van der Waals surface area contributed by atoms with Crippen LogP contribution in [-0.4, -0.2) is 29.8 Å². The standard InChI is InChI=1S/C11H10Cl2N2O2/c1-15-9(16)5-8(11(15)17)14-7-4-2-3-6(12)10(7)13/h2-4,8,14H,5H2,1H3. The summed E-state index contributed by atoms with van der Waals surface area (Å²) in [5, 5.41) is 3.69. The predicted octanol–water partition coefficient (Wildman–Crippen LogP) is 2.16. The summed E-state index contributed by atoms with van der Waals surface area (Å²) in [7, 11) is 1.46. The van der Waals surface area contributed by atoms with Gasteiger partial charge in [-0.3, -0.25) is 14.5 Å². The van der Waals surface area contributed by atoms with E-state index in [-0.39, 0.29) is 18.2 Å². The number of hydrogen-bond acceptors (Lipinski definition) is 3. The molecule has 1 unspecified atom stereocenters. The Bertz CT molecular complexity index is 490. The van der Waals surface area contributed by atoms with Crippen LogP contribution in [0.4, 0.5) is 5.69 Å². The largest absolute Gasteiger partial charge is 0.372 e. The third kappa shape index (κ3) is 2.23. The van der Waals surface area contributed by atoms with Crippen LogP contribution in [0.25, 0.3) is 0 Å². The second kappa shape index (κ2) is 4.55. The molecule has 2 amide bonds. The quantitative estimate of drug-likeness (QED) is 0.840. The second-order valence-electron chi connectivity index (χ2n) is 3.79. The molecule has 90 valence electrons. The number of likely N-dealkylation sites (tertiary alicyclic amines) is 1. The Morgan fingerprint density at radius 3 is 2.65 bits per heavy atom. The molecule has 4 nitrogen and oxygen atoms in total. The van der Waals surface area contributed by atoms with E-state index >= 15 is 0 Å². The van der Waals surface area contributed by atoms with Gasteiger partial charge in [0.2, 0.25) is 5.91 Å². The molecular weight excluding hydrogens is 263 g/mol. The third-order valence-corrected chi connectivity index (χ3v) is 3.48. The van der Waals surface area contributed by atoms with Crippen molar-refractivity contribution in [2.75, 3.05) is 12.4 Å². The summed E-state index contributed by atoms with van der Waals surface area (Å²) in [6.07, 6.45) is 0.137. The summed E-state index contributed by atoms with van der Waals surface area (Å²) in [6.45, 7) is 0. The molecule has 1 aromatic rings. The Balaban J connectivity index is 2.20. The van der Waals surface area contributed by atoms with Gasteiger partial charge in [-0.25, -0.2) is 0 Å². The smallest absolute Gasteiger partial charge is 0.251 e. The molecule has 0 bridgehead atoms. The van der Waals surface area contributed by atoms with Crippen LogP contribution in [0.1, 0.15) is 6.42 Å². The molecular formula is C11H10Cl2N2O2.